The van der Waals surface area contributed by atoms with Gasteiger partial charge in [-0.3, -0.25) is 14.4 Å². The lowest BCUT2D eigenvalue weighted by Gasteiger charge is -2.36. The Morgan fingerprint density at radius 1 is 1.45 bits per heavy atom. The van der Waals surface area contributed by atoms with Crippen LogP contribution in [0.25, 0.3) is 0 Å². The highest BCUT2D eigenvalue weighted by Crippen LogP contribution is 2.24. The van der Waals surface area contributed by atoms with Crippen LogP contribution in [-0.4, -0.2) is 59.7 Å². The number of nitrogens with zero attached hydrogens (tertiary/aromatic N) is 2. The van der Waals surface area contributed by atoms with Crippen LogP contribution in [0.2, 0.25) is 0 Å². The smallest absolute Gasteiger partial charge is 0.287 e. The summed E-state index contributed by atoms with van der Waals surface area (Å²) < 4.78 is 5.02. The molecule has 3 rings (SSSR count). The molecule has 2 aliphatic rings. The highest BCUT2D eigenvalue weighted by molar-refractivity contribution is 5.97. The van der Waals surface area contributed by atoms with Gasteiger partial charge in [0.2, 0.25) is 11.8 Å². The van der Waals surface area contributed by atoms with Gasteiger partial charge in [0.25, 0.3) is 5.91 Å². The SMILES string of the molecule is CN1CC(=O)N2CCC(NC(=O)c3ccco3)C2C1=O. The van der Waals surface area contributed by atoms with E-state index in [0.29, 0.717) is 13.0 Å². The van der Waals surface area contributed by atoms with Crippen LogP contribution >= 0.6 is 0 Å². The molecule has 3 heterocycles. The molecule has 0 aliphatic carbocycles. The molecule has 1 aromatic rings. The maximum atomic E-state index is 12.2. The van der Waals surface area contributed by atoms with Crippen molar-refractivity contribution in [1.82, 2.24) is 15.1 Å². The van der Waals surface area contributed by atoms with Gasteiger partial charge in [-0.05, 0) is 18.6 Å². The molecule has 2 saturated heterocycles. The number of nitrogens with one attached hydrogen (secondary N) is 1. The summed E-state index contributed by atoms with van der Waals surface area (Å²) in [5.74, 6) is -0.375. The molecule has 7 heteroatoms. The molecular formula is C13H15N3O4. The van der Waals surface area contributed by atoms with Crippen LogP contribution in [-0.2, 0) is 9.59 Å². The zero-order valence-electron chi connectivity index (χ0n) is 11.0. The average Bonchev–Trinajstić information content (AvgIpc) is 3.05. The molecule has 0 bridgehead atoms. The molecular weight excluding hydrogens is 262 g/mol. The number of rotatable bonds is 2. The number of likely N-dealkylation sites (N-methyl/N-ethyl adjacent to an activating group) is 1. The Bertz CT molecular complexity index is 554. The Morgan fingerprint density at radius 2 is 2.25 bits per heavy atom. The van der Waals surface area contributed by atoms with E-state index in [4.69, 9.17) is 4.42 Å². The number of fused-ring (bicyclic) bond motifs is 1. The lowest BCUT2D eigenvalue weighted by molar-refractivity contribution is -0.152. The fraction of sp³-hybridized carbons (Fsp3) is 0.462. The maximum Gasteiger partial charge on any atom is 0.287 e. The molecule has 0 aromatic carbocycles. The van der Waals surface area contributed by atoms with Gasteiger partial charge in [-0.25, -0.2) is 0 Å². The first-order valence-corrected chi connectivity index (χ1v) is 6.47. The lowest BCUT2D eigenvalue weighted by atomic mass is 10.1. The standard InChI is InChI=1S/C13H15N3O4/c1-15-7-10(17)16-5-4-8(11(16)13(15)19)14-12(18)9-3-2-6-20-9/h2-3,6,8,11H,4-5,7H2,1H3,(H,14,18). The molecule has 3 amide bonds. The van der Waals surface area contributed by atoms with Gasteiger partial charge in [0.15, 0.2) is 5.76 Å². The molecule has 2 fully saturated rings. The number of amides is 3. The second-order valence-electron chi connectivity index (χ2n) is 5.07. The minimum atomic E-state index is -0.597. The van der Waals surface area contributed by atoms with E-state index in [0.717, 1.165) is 0 Å². The van der Waals surface area contributed by atoms with Crippen molar-refractivity contribution in [3.05, 3.63) is 24.2 Å². The molecule has 1 aromatic heterocycles. The van der Waals surface area contributed by atoms with Crippen LogP contribution < -0.4 is 5.32 Å². The Hall–Kier alpha value is -2.31. The normalized spacial score (nSPS) is 25.9. The molecule has 0 spiro atoms. The van der Waals surface area contributed by atoms with Crippen molar-refractivity contribution in [2.24, 2.45) is 0 Å². The number of piperazine rings is 1. The molecule has 0 saturated carbocycles. The van der Waals surface area contributed by atoms with E-state index >= 15 is 0 Å². The first kappa shape index (κ1) is 12.7. The first-order valence-electron chi connectivity index (χ1n) is 6.47. The minimum Gasteiger partial charge on any atom is -0.459 e. The fourth-order valence-corrected chi connectivity index (χ4v) is 2.77. The summed E-state index contributed by atoms with van der Waals surface area (Å²) in [4.78, 5) is 39.0. The van der Waals surface area contributed by atoms with Gasteiger partial charge in [-0.2, -0.15) is 0 Å². The summed E-state index contributed by atoms with van der Waals surface area (Å²) >= 11 is 0. The number of furan rings is 1. The molecule has 2 unspecified atom stereocenters. The van der Waals surface area contributed by atoms with Crippen LogP contribution in [0, 0.1) is 0 Å². The van der Waals surface area contributed by atoms with Crippen molar-refractivity contribution < 1.29 is 18.8 Å². The van der Waals surface area contributed by atoms with Crippen LogP contribution in [0.1, 0.15) is 17.0 Å². The third-order valence-electron chi connectivity index (χ3n) is 3.78. The predicted molar refractivity (Wildman–Crippen MR) is 67.7 cm³/mol. The monoisotopic (exact) mass is 277 g/mol. The Labute approximate surface area is 115 Å². The van der Waals surface area contributed by atoms with Gasteiger partial charge in [-0.15, -0.1) is 0 Å². The van der Waals surface area contributed by atoms with E-state index in [9.17, 15) is 14.4 Å². The quantitative estimate of drug-likeness (QED) is 0.786. The lowest BCUT2D eigenvalue weighted by Crippen LogP contribution is -2.61. The van der Waals surface area contributed by atoms with Crippen molar-refractivity contribution in [3.63, 3.8) is 0 Å². The van der Waals surface area contributed by atoms with E-state index in [2.05, 4.69) is 5.32 Å². The highest BCUT2D eigenvalue weighted by atomic mass is 16.3. The third-order valence-corrected chi connectivity index (χ3v) is 3.78. The van der Waals surface area contributed by atoms with Gasteiger partial charge in [0, 0.05) is 13.6 Å². The Balaban J connectivity index is 1.76. The van der Waals surface area contributed by atoms with Crippen molar-refractivity contribution in [1.29, 1.82) is 0 Å². The van der Waals surface area contributed by atoms with E-state index < -0.39 is 6.04 Å². The molecule has 1 N–H and O–H groups in total. The third kappa shape index (κ3) is 1.95. The van der Waals surface area contributed by atoms with E-state index in [-0.39, 0.29) is 36.1 Å². The van der Waals surface area contributed by atoms with E-state index in [1.807, 2.05) is 0 Å². The van der Waals surface area contributed by atoms with Crippen LogP contribution in [0.15, 0.2) is 22.8 Å². The molecule has 0 radical (unpaired) electrons. The molecule has 2 atom stereocenters. The molecule has 2 aliphatic heterocycles. The summed E-state index contributed by atoms with van der Waals surface area (Å²) in [6, 6.07) is 2.22. The summed E-state index contributed by atoms with van der Waals surface area (Å²) in [5.41, 5.74) is 0. The fourth-order valence-electron chi connectivity index (χ4n) is 2.77. The predicted octanol–water partition coefficient (Wildman–Crippen LogP) is -0.549. The van der Waals surface area contributed by atoms with E-state index in [1.165, 1.54) is 11.2 Å². The Morgan fingerprint density at radius 3 is 2.95 bits per heavy atom. The summed E-state index contributed by atoms with van der Waals surface area (Å²) in [6.45, 7) is 0.598. The highest BCUT2D eigenvalue weighted by Gasteiger charge is 2.47. The van der Waals surface area contributed by atoms with Gasteiger partial charge in [0.05, 0.1) is 18.8 Å². The largest absolute Gasteiger partial charge is 0.459 e. The number of carbonyl (C=O) groups excluding carboxylic acids is 3. The topological polar surface area (TPSA) is 82.9 Å². The summed E-state index contributed by atoms with van der Waals surface area (Å²) in [6.07, 6.45) is 1.99. The van der Waals surface area contributed by atoms with Crippen LogP contribution in [0.5, 0.6) is 0 Å². The molecule has 106 valence electrons. The summed E-state index contributed by atoms with van der Waals surface area (Å²) in [7, 11) is 1.60. The zero-order chi connectivity index (χ0) is 14.3. The maximum absolute atomic E-state index is 12.2. The second-order valence-corrected chi connectivity index (χ2v) is 5.07. The van der Waals surface area contributed by atoms with Gasteiger partial charge >= 0.3 is 0 Å². The van der Waals surface area contributed by atoms with Gasteiger partial charge in [-0.1, -0.05) is 0 Å². The second kappa shape index (κ2) is 4.66. The van der Waals surface area contributed by atoms with Crippen molar-refractivity contribution in [3.8, 4) is 0 Å². The minimum absolute atomic E-state index is 0.0770. The van der Waals surface area contributed by atoms with Crippen molar-refractivity contribution in [2.45, 2.75) is 18.5 Å². The number of hydrogen-bond donors (Lipinski definition) is 1. The summed E-state index contributed by atoms with van der Waals surface area (Å²) in [5, 5.41) is 2.78. The van der Waals surface area contributed by atoms with Gasteiger partial charge < -0.3 is 19.5 Å². The Kier molecular flexibility index (Phi) is 2.96. The van der Waals surface area contributed by atoms with Crippen molar-refractivity contribution in [2.75, 3.05) is 20.1 Å². The average molecular weight is 277 g/mol. The van der Waals surface area contributed by atoms with E-state index in [1.54, 1.807) is 24.1 Å². The first-order chi connectivity index (χ1) is 9.58. The van der Waals surface area contributed by atoms with Crippen LogP contribution in [0.3, 0.4) is 0 Å². The zero-order valence-corrected chi connectivity index (χ0v) is 11.0. The van der Waals surface area contributed by atoms with Crippen molar-refractivity contribution >= 4 is 17.7 Å². The molecule has 20 heavy (non-hydrogen) atoms. The van der Waals surface area contributed by atoms with Gasteiger partial charge in [0.1, 0.15) is 6.04 Å². The number of hydrogen-bond acceptors (Lipinski definition) is 4. The van der Waals surface area contributed by atoms with Crippen LogP contribution in [0.4, 0.5) is 0 Å². The molecule has 7 nitrogen and oxygen atoms in total. The number of carbonyl (C=O) groups is 3.